The molecule has 0 saturated heterocycles. The summed E-state index contributed by atoms with van der Waals surface area (Å²) in [6.07, 6.45) is 0. The first-order valence-electron chi connectivity index (χ1n) is 4.33. The van der Waals surface area contributed by atoms with Crippen molar-refractivity contribution in [1.29, 1.82) is 0 Å². The van der Waals surface area contributed by atoms with Gasteiger partial charge in [-0.15, -0.1) is 0 Å². The lowest BCUT2D eigenvalue weighted by atomic mass is 10.2. The molecule has 84 valence electrons. The summed E-state index contributed by atoms with van der Waals surface area (Å²) in [5.41, 5.74) is 5.34. The zero-order chi connectivity index (χ0) is 11.7. The van der Waals surface area contributed by atoms with Gasteiger partial charge in [0.15, 0.2) is 0 Å². The third-order valence-electron chi connectivity index (χ3n) is 1.91. The Bertz CT molecular complexity index is 529. The first-order chi connectivity index (χ1) is 7.61. The predicted molar refractivity (Wildman–Crippen MR) is 54.3 cm³/mol. The second-order valence-electron chi connectivity index (χ2n) is 3.00. The Labute approximate surface area is 94.6 Å². The molecule has 0 radical (unpaired) electrons. The van der Waals surface area contributed by atoms with Gasteiger partial charge in [0.25, 0.3) is 0 Å². The third kappa shape index (κ3) is 1.84. The molecule has 0 bridgehead atoms. The van der Waals surface area contributed by atoms with Crippen LogP contribution in [0.25, 0.3) is 11.4 Å². The van der Waals surface area contributed by atoms with Crippen molar-refractivity contribution < 1.29 is 14.0 Å². The van der Waals surface area contributed by atoms with E-state index in [1.165, 1.54) is 0 Å². The van der Waals surface area contributed by atoms with Gasteiger partial charge in [0.1, 0.15) is 11.6 Å². The second-order valence-corrected chi connectivity index (χ2v) is 3.41. The molecule has 3 N–H and O–H groups in total. The largest absolute Gasteiger partial charge is 0.506 e. The van der Waals surface area contributed by atoms with Crippen molar-refractivity contribution in [3.8, 4) is 17.1 Å². The minimum absolute atomic E-state index is 0.0411. The van der Waals surface area contributed by atoms with Crippen LogP contribution in [0, 0.1) is 5.82 Å². The Balaban J connectivity index is 2.54. The Morgan fingerprint density at radius 3 is 2.88 bits per heavy atom. The highest BCUT2D eigenvalue weighted by atomic mass is 35.5. The zero-order valence-electron chi connectivity index (χ0n) is 7.94. The Hall–Kier alpha value is -1.66. The van der Waals surface area contributed by atoms with Crippen LogP contribution < -0.4 is 5.73 Å². The number of aromatic hydroxyl groups is 1. The summed E-state index contributed by atoms with van der Waals surface area (Å²) in [5, 5.41) is 13.0. The highest BCUT2D eigenvalue weighted by molar-refractivity contribution is 6.32. The number of benzene rings is 1. The maximum Gasteiger partial charge on any atom is 0.240 e. The summed E-state index contributed by atoms with van der Waals surface area (Å²) in [5.74, 6) is -0.668. The number of aromatic nitrogens is 2. The maximum atomic E-state index is 13.1. The lowest BCUT2D eigenvalue weighted by Gasteiger charge is -2.01. The molecule has 0 atom stereocenters. The third-order valence-corrected chi connectivity index (χ3v) is 2.20. The first kappa shape index (κ1) is 10.8. The molecule has 0 aliphatic carbocycles. The van der Waals surface area contributed by atoms with Crippen molar-refractivity contribution in [3.05, 3.63) is 28.9 Å². The number of hydrogen-bond donors (Lipinski definition) is 2. The zero-order valence-corrected chi connectivity index (χ0v) is 8.70. The molecule has 2 rings (SSSR count). The Kier molecular flexibility index (Phi) is 2.76. The Morgan fingerprint density at radius 1 is 1.50 bits per heavy atom. The molecular weight excluding hydrogens is 237 g/mol. The van der Waals surface area contributed by atoms with Crippen molar-refractivity contribution in [1.82, 2.24) is 10.1 Å². The maximum absolute atomic E-state index is 13.1. The smallest absolute Gasteiger partial charge is 0.240 e. The van der Waals surface area contributed by atoms with Crippen LogP contribution in [-0.4, -0.2) is 15.2 Å². The van der Waals surface area contributed by atoms with E-state index in [0.29, 0.717) is 0 Å². The number of nitrogens with two attached hydrogens (primary N) is 1. The van der Waals surface area contributed by atoms with Crippen LogP contribution in [0.15, 0.2) is 16.7 Å². The number of rotatable bonds is 2. The molecule has 16 heavy (non-hydrogen) atoms. The van der Waals surface area contributed by atoms with Crippen LogP contribution >= 0.6 is 11.6 Å². The van der Waals surface area contributed by atoms with Crippen molar-refractivity contribution in [2.24, 2.45) is 5.73 Å². The van der Waals surface area contributed by atoms with E-state index < -0.39 is 5.82 Å². The van der Waals surface area contributed by atoms with Crippen LogP contribution in [0.3, 0.4) is 0 Å². The highest BCUT2D eigenvalue weighted by Gasteiger charge is 2.15. The number of phenolic OH excluding ortho intramolecular Hbond substituents is 1. The van der Waals surface area contributed by atoms with Crippen LogP contribution in [-0.2, 0) is 6.54 Å². The molecule has 1 aromatic carbocycles. The van der Waals surface area contributed by atoms with E-state index in [2.05, 4.69) is 10.1 Å². The summed E-state index contributed by atoms with van der Waals surface area (Å²) >= 11 is 5.61. The average molecular weight is 244 g/mol. The van der Waals surface area contributed by atoms with Crippen LogP contribution in [0.5, 0.6) is 5.75 Å². The number of halogens is 2. The van der Waals surface area contributed by atoms with Gasteiger partial charge in [-0.2, -0.15) is 4.98 Å². The molecule has 0 saturated carbocycles. The summed E-state index contributed by atoms with van der Waals surface area (Å²) in [6, 6.07) is 2.05. The molecule has 2 aromatic rings. The van der Waals surface area contributed by atoms with E-state index in [1.54, 1.807) is 0 Å². The molecule has 0 fully saturated rings. The van der Waals surface area contributed by atoms with E-state index >= 15 is 0 Å². The van der Waals surface area contributed by atoms with Crippen molar-refractivity contribution in [2.45, 2.75) is 6.54 Å². The van der Waals surface area contributed by atoms with Gasteiger partial charge in [-0.1, -0.05) is 16.8 Å². The molecular formula is C9H7ClFN3O2. The number of phenols is 1. The molecule has 0 aliphatic rings. The van der Waals surface area contributed by atoms with Crippen molar-refractivity contribution in [3.63, 3.8) is 0 Å². The molecule has 1 aromatic heterocycles. The van der Waals surface area contributed by atoms with Gasteiger partial charge in [-0.05, 0) is 12.1 Å². The van der Waals surface area contributed by atoms with E-state index in [0.717, 1.165) is 12.1 Å². The second kappa shape index (κ2) is 4.07. The minimum atomic E-state index is -0.600. The van der Waals surface area contributed by atoms with Gasteiger partial charge in [0.2, 0.25) is 11.7 Å². The van der Waals surface area contributed by atoms with E-state index in [-0.39, 0.29) is 34.6 Å². The normalized spacial score (nSPS) is 10.7. The molecule has 5 nitrogen and oxygen atoms in total. The SMILES string of the molecule is NCc1nc(-c2cc(F)cc(Cl)c2O)no1. The van der Waals surface area contributed by atoms with Gasteiger partial charge >= 0.3 is 0 Å². The van der Waals surface area contributed by atoms with Crippen molar-refractivity contribution >= 4 is 11.6 Å². The van der Waals surface area contributed by atoms with E-state index in [9.17, 15) is 9.50 Å². The molecule has 0 spiro atoms. The number of nitrogens with zero attached hydrogens (tertiary/aromatic N) is 2. The first-order valence-corrected chi connectivity index (χ1v) is 4.70. The monoisotopic (exact) mass is 243 g/mol. The van der Waals surface area contributed by atoms with Gasteiger partial charge in [-0.25, -0.2) is 4.39 Å². The fourth-order valence-corrected chi connectivity index (χ4v) is 1.39. The summed E-state index contributed by atoms with van der Waals surface area (Å²) in [7, 11) is 0. The Morgan fingerprint density at radius 2 is 2.25 bits per heavy atom. The summed E-state index contributed by atoms with van der Waals surface area (Å²) in [4.78, 5) is 3.85. The summed E-state index contributed by atoms with van der Waals surface area (Å²) in [6.45, 7) is 0.0663. The molecule has 0 aliphatic heterocycles. The fraction of sp³-hybridized carbons (Fsp3) is 0.111. The van der Waals surface area contributed by atoms with Crippen LogP contribution in [0.1, 0.15) is 5.89 Å². The lowest BCUT2D eigenvalue weighted by Crippen LogP contribution is -1.95. The van der Waals surface area contributed by atoms with Crippen LogP contribution in [0.4, 0.5) is 4.39 Å². The topological polar surface area (TPSA) is 85.2 Å². The fourth-order valence-electron chi connectivity index (χ4n) is 1.18. The predicted octanol–water partition coefficient (Wildman–Crippen LogP) is 1.69. The van der Waals surface area contributed by atoms with Crippen LogP contribution in [0.2, 0.25) is 5.02 Å². The van der Waals surface area contributed by atoms with Gasteiger partial charge in [-0.3, -0.25) is 0 Å². The standard InChI is InChI=1S/C9H7ClFN3O2/c10-6-2-4(11)1-5(8(6)15)9-13-7(3-12)16-14-9/h1-2,15H,3,12H2. The molecule has 0 amide bonds. The van der Waals surface area contributed by atoms with E-state index in [1.807, 2.05) is 0 Å². The molecule has 7 heteroatoms. The lowest BCUT2D eigenvalue weighted by molar-refractivity contribution is 0.380. The van der Waals surface area contributed by atoms with Gasteiger partial charge in [0.05, 0.1) is 17.1 Å². The molecule has 0 unspecified atom stereocenters. The van der Waals surface area contributed by atoms with E-state index in [4.69, 9.17) is 21.9 Å². The molecule has 1 heterocycles. The summed E-state index contributed by atoms with van der Waals surface area (Å²) < 4.78 is 17.8. The van der Waals surface area contributed by atoms with Crippen molar-refractivity contribution in [2.75, 3.05) is 0 Å². The number of hydrogen-bond acceptors (Lipinski definition) is 5. The average Bonchev–Trinajstić information content (AvgIpc) is 2.71. The van der Waals surface area contributed by atoms with Gasteiger partial charge in [0, 0.05) is 0 Å². The minimum Gasteiger partial charge on any atom is -0.506 e. The highest BCUT2D eigenvalue weighted by Crippen LogP contribution is 2.34. The van der Waals surface area contributed by atoms with Gasteiger partial charge < -0.3 is 15.4 Å². The quantitative estimate of drug-likeness (QED) is 0.838.